The molecule has 1 saturated heterocycles. The van der Waals surface area contributed by atoms with E-state index in [0.717, 1.165) is 31.2 Å². The van der Waals surface area contributed by atoms with Gasteiger partial charge in [-0.05, 0) is 30.7 Å². The number of carbonyl (C=O) groups is 1. The molecule has 6 heteroatoms. The summed E-state index contributed by atoms with van der Waals surface area (Å²) in [5, 5.41) is 6.24. The van der Waals surface area contributed by atoms with Gasteiger partial charge in [-0.3, -0.25) is 4.79 Å². The lowest BCUT2D eigenvalue weighted by molar-refractivity contribution is -0.119. The molecule has 25 heavy (non-hydrogen) atoms. The highest BCUT2D eigenvalue weighted by Gasteiger charge is 2.24. The molecule has 0 aliphatic carbocycles. The molecule has 2 atom stereocenters. The number of nitrogens with zero attached hydrogens (tertiary/aromatic N) is 2. The molecule has 0 radical (unpaired) electrons. The topological polar surface area (TPSA) is 56.7 Å². The van der Waals surface area contributed by atoms with Crippen molar-refractivity contribution in [2.24, 2.45) is 16.8 Å². The van der Waals surface area contributed by atoms with E-state index in [-0.39, 0.29) is 36.4 Å². The van der Waals surface area contributed by atoms with Crippen molar-refractivity contribution < 1.29 is 4.79 Å². The zero-order valence-corrected chi connectivity index (χ0v) is 17.8. The second-order valence-electron chi connectivity index (χ2n) is 6.78. The third-order valence-corrected chi connectivity index (χ3v) is 4.21. The second kappa shape index (κ2) is 11.3. The van der Waals surface area contributed by atoms with E-state index in [0.29, 0.717) is 18.4 Å². The van der Waals surface area contributed by atoms with Crippen molar-refractivity contribution in [3.05, 3.63) is 35.9 Å². The lowest BCUT2D eigenvalue weighted by Gasteiger charge is -2.37. The number of piperidine rings is 1. The third-order valence-electron chi connectivity index (χ3n) is 4.21. The van der Waals surface area contributed by atoms with Crippen LogP contribution in [0.4, 0.5) is 0 Å². The van der Waals surface area contributed by atoms with Gasteiger partial charge in [0.2, 0.25) is 5.91 Å². The van der Waals surface area contributed by atoms with E-state index in [1.165, 1.54) is 6.42 Å². The first-order valence-electron chi connectivity index (χ1n) is 8.92. The standard InChI is InChI=1S/C19H30N4O.HI/c1-4-20-19(23-13-15(2)10-16(3)14-23)22-12-18(24)21-11-17-8-6-5-7-9-17;/h5-9,15-16H,4,10-14H2,1-3H3,(H,20,22)(H,21,24);1H. The second-order valence-corrected chi connectivity index (χ2v) is 6.78. The van der Waals surface area contributed by atoms with Crippen LogP contribution in [0.2, 0.25) is 0 Å². The van der Waals surface area contributed by atoms with Gasteiger partial charge in [-0.25, -0.2) is 4.99 Å². The Bertz CT molecular complexity index is 540. The fraction of sp³-hybridized carbons (Fsp3) is 0.579. The van der Waals surface area contributed by atoms with E-state index < -0.39 is 0 Å². The first-order valence-corrected chi connectivity index (χ1v) is 8.92. The van der Waals surface area contributed by atoms with E-state index in [2.05, 4.69) is 41.3 Å². The maximum atomic E-state index is 12.1. The van der Waals surface area contributed by atoms with Crippen molar-refractivity contribution >= 4 is 35.8 Å². The summed E-state index contributed by atoms with van der Waals surface area (Å²) in [4.78, 5) is 18.9. The van der Waals surface area contributed by atoms with E-state index in [4.69, 9.17) is 0 Å². The summed E-state index contributed by atoms with van der Waals surface area (Å²) in [6.07, 6.45) is 1.26. The van der Waals surface area contributed by atoms with Crippen LogP contribution in [0.3, 0.4) is 0 Å². The van der Waals surface area contributed by atoms with Crippen molar-refractivity contribution in [2.75, 3.05) is 26.2 Å². The monoisotopic (exact) mass is 458 g/mol. The van der Waals surface area contributed by atoms with Gasteiger partial charge in [-0.15, -0.1) is 24.0 Å². The Kier molecular flexibility index (Phi) is 9.85. The zero-order chi connectivity index (χ0) is 17.4. The normalized spacial score (nSPS) is 20.6. The molecular formula is C19H31IN4O. The lowest BCUT2D eigenvalue weighted by atomic mass is 9.92. The quantitative estimate of drug-likeness (QED) is 0.406. The average molecular weight is 458 g/mol. The van der Waals surface area contributed by atoms with Gasteiger partial charge < -0.3 is 15.5 Å². The van der Waals surface area contributed by atoms with Gasteiger partial charge in [0.15, 0.2) is 5.96 Å². The lowest BCUT2D eigenvalue weighted by Crippen LogP contribution is -2.48. The Balaban J connectivity index is 0.00000312. The maximum absolute atomic E-state index is 12.1. The third kappa shape index (κ3) is 7.63. The molecule has 0 aromatic heterocycles. The number of rotatable bonds is 5. The SMILES string of the molecule is CCNC(=NCC(=O)NCc1ccccc1)N1CC(C)CC(C)C1.I. The molecule has 0 saturated carbocycles. The van der Waals surface area contributed by atoms with Crippen LogP contribution in [0.5, 0.6) is 0 Å². The van der Waals surface area contributed by atoms with Crippen LogP contribution in [-0.2, 0) is 11.3 Å². The summed E-state index contributed by atoms with van der Waals surface area (Å²) < 4.78 is 0. The molecule has 1 aromatic rings. The number of likely N-dealkylation sites (tertiary alicyclic amines) is 1. The molecule has 0 spiro atoms. The number of nitrogens with one attached hydrogen (secondary N) is 2. The van der Waals surface area contributed by atoms with Gasteiger partial charge in [0.1, 0.15) is 6.54 Å². The highest BCUT2D eigenvalue weighted by Crippen LogP contribution is 2.20. The largest absolute Gasteiger partial charge is 0.357 e. The van der Waals surface area contributed by atoms with E-state index in [1.54, 1.807) is 0 Å². The molecule has 2 N–H and O–H groups in total. The molecule has 1 aliphatic heterocycles. The molecule has 1 heterocycles. The average Bonchev–Trinajstić information content (AvgIpc) is 2.56. The number of hydrogen-bond acceptors (Lipinski definition) is 2. The first-order chi connectivity index (χ1) is 11.6. The van der Waals surface area contributed by atoms with Gasteiger partial charge in [0.25, 0.3) is 0 Å². The van der Waals surface area contributed by atoms with Crippen molar-refractivity contribution in [3.8, 4) is 0 Å². The van der Waals surface area contributed by atoms with Crippen molar-refractivity contribution in [3.63, 3.8) is 0 Å². The molecular weight excluding hydrogens is 427 g/mol. The summed E-state index contributed by atoms with van der Waals surface area (Å²) in [6, 6.07) is 9.93. The molecule has 1 aliphatic rings. The van der Waals surface area contributed by atoms with Crippen molar-refractivity contribution in [1.29, 1.82) is 0 Å². The van der Waals surface area contributed by atoms with Crippen molar-refractivity contribution in [1.82, 2.24) is 15.5 Å². The number of benzene rings is 1. The van der Waals surface area contributed by atoms with Crippen LogP contribution in [0.1, 0.15) is 32.8 Å². The van der Waals surface area contributed by atoms with Crippen LogP contribution >= 0.6 is 24.0 Å². The summed E-state index contributed by atoms with van der Waals surface area (Å²) in [5.74, 6) is 2.12. The predicted octanol–water partition coefficient (Wildman–Crippen LogP) is 2.86. The molecule has 140 valence electrons. The van der Waals surface area contributed by atoms with Gasteiger partial charge in [0, 0.05) is 26.2 Å². The minimum atomic E-state index is -0.0487. The first kappa shape index (κ1) is 21.7. The highest BCUT2D eigenvalue weighted by molar-refractivity contribution is 14.0. The fourth-order valence-corrected chi connectivity index (χ4v) is 3.26. The van der Waals surface area contributed by atoms with Crippen LogP contribution in [0, 0.1) is 11.8 Å². The van der Waals surface area contributed by atoms with E-state index in [1.807, 2.05) is 30.3 Å². The Morgan fingerprint density at radius 1 is 1.16 bits per heavy atom. The van der Waals surface area contributed by atoms with Crippen LogP contribution in [-0.4, -0.2) is 42.9 Å². The van der Waals surface area contributed by atoms with Gasteiger partial charge in [-0.2, -0.15) is 0 Å². The molecule has 1 amide bonds. The fourth-order valence-electron chi connectivity index (χ4n) is 3.26. The minimum absolute atomic E-state index is 0. The molecule has 2 unspecified atom stereocenters. The van der Waals surface area contributed by atoms with E-state index >= 15 is 0 Å². The Morgan fingerprint density at radius 3 is 2.40 bits per heavy atom. The van der Waals surface area contributed by atoms with Gasteiger partial charge in [0.05, 0.1) is 0 Å². The predicted molar refractivity (Wildman–Crippen MR) is 114 cm³/mol. The summed E-state index contributed by atoms with van der Waals surface area (Å²) in [5.41, 5.74) is 1.10. The highest BCUT2D eigenvalue weighted by atomic mass is 127. The molecule has 5 nitrogen and oxygen atoms in total. The smallest absolute Gasteiger partial charge is 0.242 e. The van der Waals surface area contributed by atoms with E-state index in [9.17, 15) is 4.79 Å². The minimum Gasteiger partial charge on any atom is -0.357 e. The Morgan fingerprint density at radius 2 is 1.80 bits per heavy atom. The van der Waals surface area contributed by atoms with Gasteiger partial charge in [-0.1, -0.05) is 44.2 Å². The summed E-state index contributed by atoms with van der Waals surface area (Å²) in [7, 11) is 0. The van der Waals surface area contributed by atoms with Crippen LogP contribution < -0.4 is 10.6 Å². The number of aliphatic imine (C=N–C) groups is 1. The van der Waals surface area contributed by atoms with Crippen molar-refractivity contribution in [2.45, 2.75) is 33.7 Å². The summed E-state index contributed by atoms with van der Waals surface area (Å²) in [6.45, 7) is 10.1. The Labute approximate surface area is 168 Å². The van der Waals surface area contributed by atoms with Crippen LogP contribution in [0.25, 0.3) is 0 Å². The number of hydrogen-bond donors (Lipinski definition) is 2. The summed E-state index contributed by atoms with van der Waals surface area (Å²) >= 11 is 0. The number of carbonyl (C=O) groups excluding carboxylic acids is 1. The van der Waals surface area contributed by atoms with Crippen LogP contribution in [0.15, 0.2) is 35.3 Å². The van der Waals surface area contributed by atoms with Gasteiger partial charge >= 0.3 is 0 Å². The Hall–Kier alpha value is -1.31. The maximum Gasteiger partial charge on any atom is 0.242 e. The zero-order valence-electron chi connectivity index (χ0n) is 15.5. The number of halogens is 1. The molecule has 2 rings (SSSR count). The molecule has 1 aromatic carbocycles. The number of guanidine groups is 1. The number of amides is 1. The molecule has 1 fully saturated rings. The molecule has 0 bridgehead atoms.